The SMILES string of the molecule is COc1ccc([C@H](Cc2c(Cl)c[n+]([O-])cc2Cl)OC(=O)c2ccc(CNC(C(=O)OCC3CCN(C)CC3)c3cccc(O)c3)cc2)cc1OC. The molecule has 2 N–H and O–H groups in total. The summed E-state index contributed by atoms with van der Waals surface area (Å²) >= 11 is 12.8. The van der Waals surface area contributed by atoms with Gasteiger partial charge in [-0.1, -0.05) is 53.5 Å². The molecular weight excluding hydrogens is 697 g/mol. The van der Waals surface area contributed by atoms with Crippen LogP contribution < -0.4 is 19.5 Å². The van der Waals surface area contributed by atoms with E-state index in [0.29, 0.717) is 45.4 Å². The van der Waals surface area contributed by atoms with E-state index in [2.05, 4.69) is 17.3 Å². The molecule has 13 heteroatoms. The van der Waals surface area contributed by atoms with Crippen molar-refractivity contribution in [2.24, 2.45) is 5.92 Å². The number of phenols is 1. The molecule has 2 heterocycles. The van der Waals surface area contributed by atoms with Gasteiger partial charge in [0.1, 0.15) is 27.9 Å². The first-order valence-corrected chi connectivity index (χ1v) is 17.3. The van der Waals surface area contributed by atoms with Crippen molar-refractivity contribution < 1.29 is 38.4 Å². The Kier molecular flexibility index (Phi) is 13.0. The summed E-state index contributed by atoms with van der Waals surface area (Å²) in [6.07, 6.45) is 3.51. The lowest BCUT2D eigenvalue weighted by Crippen LogP contribution is -2.34. The number of ether oxygens (including phenoxy) is 4. The molecule has 1 unspecified atom stereocenters. The lowest BCUT2D eigenvalue weighted by molar-refractivity contribution is -0.605. The zero-order valence-corrected chi connectivity index (χ0v) is 30.2. The standard InChI is InChI=1S/C38H41Cl2N3O8/c1-42-15-13-25(14-16-42)23-50-38(46)36(28-5-4-6-29(44)17-28)41-20-24-7-9-26(10-8-24)37(45)51-34(19-30-31(39)21-43(47)22-32(30)40)27-11-12-33(48-2)35(18-27)49-3/h4-12,17-18,21-22,25,34,36,41,44H,13-16,19-20,23H2,1-3H3/t34-,36?/m0/s1. The molecule has 0 saturated carbocycles. The van der Waals surface area contributed by atoms with Crippen LogP contribution in [0.3, 0.4) is 0 Å². The first-order valence-electron chi connectivity index (χ1n) is 16.5. The molecule has 1 aliphatic heterocycles. The molecule has 0 aliphatic carbocycles. The Morgan fingerprint density at radius 1 is 0.961 bits per heavy atom. The van der Waals surface area contributed by atoms with Gasteiger partial charge >= 0.3 is 11.9 Å². The normalized spacial score (nSPS) is 14.8. The lowest BCUT2D eigenvalue weighted by atomic mass is 9.98. The van der Waals surface area contributed by atoms with Crippen LogP contribution in [0.15, 0.2) is 79.1 Å². The largest absolute Gasteiger partial charge is 0.619 e. The zero-order valence-electron chi connectivity index (χ0n) is 28.6. The number of piperidine rings is 1. The van der Waals surface area contributed by atoms with E-state index in [1.165, 1.54) is 32.7 Å². The van der Waals surface area contributed by atoms with Crippen molar-refractivity contribution in [1.82, 2.24) is 10.2 Å². The Labute approximate surface area is 307 Å². The van der Waals surface area contributed by atoms with E-state index in [9.17, 15) is 19.9 Å². The minimum Gasteiger partial charge on any atom is -0.619 e. The number of carbonyl (C=O) groups is 2. The number of halogens is 2. The highest BCUT2D eigenvalue weighted by molar-refractivity contribution is 6.35. The second-order valence-corrected chi connectivity index (χ2v) is 13.3. The molecule has 11 nitrogen and oxygen atoms in total. The summed E-state index contributed by atoms with van der Waals surface area (Å²) < 4.78 is 23.1. The maximum absolute atomic E-state index is 13.5. The van der Waals surface area contributed by atoms with Gasteiger partial charge in [0.15, 0.2) is 23.9 Å². The molecule has 0 amide bonds. The summed E-state index contributed by atoms with van der Waals surface area (Å²) in [6.45, 7) is 2.55. The van der Waals surface area contributed by atoms with Gasteiger partial charge in [0.2, 0.25) is 0 Å². The maximum Gasteiger partial charge on any atom is 0.338 e. The molecule has 1 fully saturated rings. The zero-order chi connectivity index (χ0) is 36.5. The molecule has 2 atom stereocenters. The minimum absolute atomic E-state index is 0.0440. The van der Waals surface area contributed by atoms with Crippen molar-refractivity contribution in [2.45, 2.75) is 38.0 Å². The van der Waals surface area contributed by atoms with E-state index in [-0.39, 0.29) is 34.3 Å². The number of rotatable bonds is 14. The minimum atomic E-state index is -0.861. The van der Waals surface area contributed by atoms with E-state index < -0.39 is 24.1 Å². The highest BCUT2D eigenvalue weighted by atomic mass is 35.5. The average molecular weight is 739 g/mol. The van der Waals surface area contributed by atoms with Gasteiger partial charge in [0.25, 0.3) is 0 Å². The van der Waals surface area contributed by atoms with Gasteiger partial charge in [-0.05, 0) is 92.0 Å². The highest BCUT2D eigenvalue weighted by Crippen LogP contribution is 2.35. The van der Waals surface area contributed by atoms with Gasteiger partial charge in [0.05, 0.1) is 26.4 Å². The summed E-state index contributed by atoms with van der Waals surface area (Å²) in [5.74, 6) is 0.249. The van der Waals surface area contributed by atoms with Crippen molar-refractivity contribution in [1.29, 1.82) is 0 Å². The van der Waals surface area contributed by atoms with Crippen LogP contribution in [0.25, 0.3) is 0 Å². The van der Waals surface area contributed by atoms with Crippen molar-refractivity contribution in [3.8, 4) is 17.2 Å². The molecule has 1 aromatic heterocycles. The highest BCUT2D eigenvalue weighted by Gasteiger charge is 2.26. The fraction of sp³-hybridized carbons (Fsp3) is 0.342. The van der Waals surface area contributed by atoms with Gasteiger partial charge in [-0.25, -0.2) is 9.59 Å². The van der Waals surface area contributed by atoms with E-state index >= 15 is 0 Å². The van der Waals surface area contributed by atoms with Crippen LogP contribution in [0.5, 0.6) is 17.2 Å². The number of aromatic hydroxyl groups is 1. The number of benzene rings is 3. The monoisotopic (exact) mass is 737 g/mol. The number of pyridine rings is 1. The van der Waals surface area contributed by atoms with Crippen LogP contribution in [0.1, 0.15) is 57.6 Å². The Hall–Kier alpha value is -4.55. The second kappa shape index (κ2) is 17.6. The molecule has 270 valence electrons. The maximum atomic E-state index is 13.5. The predicted octanol–water partition coefficient (Wildman–Crippen LogP) is 6.21. The third kappa shape index (κ3) is 10.0. The average Bonchev–Trinajstić information content (AvgIpc) is 3.12. The number of methoxy groups -OCH3 is 2. The van der Waals surface area contributed by atoms with Crippen LogP contribution in [-0.2, 0) is 27.2 Å². The van der Waals surface area contributed by atoms with Crippen molar-refractivity contribution in [2.75, 3.05) is 41.0 Å². The topological polar surface area (TPSA) is 134 Å². The smallest absolute Gasteiger partial charge is 0.338 e. The van der Waals surface area contributed by atoms with Crippen LogP contribution in [0, 0.1) is 11.1 Å². The van der Waals surface area contributed by atoms with Gasteiger partial charge < -0.3 is 34.2 Å². The molecule has 4 aromatic rings. The van der Waals surface area contributed by atoms with E-state index in [4.69, 9.17) is 42.1 Å². The number of esters is 2. The number of hydrogen-bond acceptors (Lipinski definition) is 10. The van der Waals surface area contributed by atoms with Gasteiger partial charge in [-0.2, -0.15) is 4.73 Å². The molecular formula is C38H41Cl2N3O8. The first-order chi connectivity index (χ1) is 24.5. The summed E-state index contributed by atoms with van der Waals surface area (Å²) in [5.41, 5.74) is 2.69. The summed E-state index contributed by atoms with van der Waals surface area (Å²) in [6, 6.07) is 17.6. The summed E-state index contributed by atoms with van der Waals surface area (Å²) in [7, 11) is 5.11. The second-order valence-electron chi connectivity index (χ2n) is 12.5. The van der Waals surface area contributed by atoms with E-state index in [1.54, 1.807) is 60.7 Å². The van der Waals surface area contributed by atoms with Gasteiger partial charge in [-0.3, -0.25) is 5.32 Å². The third-order valence-electron chi connectivity index (χ3n) is 8.91. The molecule has 5 rings (SSSR count). The molecule has 1 saturated heterocycles. The van der Waals surface area contributed by atoms with Crippen molar-refractivity contribution in [3.63, 3.8) is 0 Å². The Morgan fingerprint density at radius 3 is 2.29 bits per heavy atom. The molecule has 3 aromatic carbocycles. The predicted molar refractivity (Wildman–Crippen MR) is 192 cm³/mol. The number of nitrogens with one attached hydrogen (secondary N) is 1. The molecule has 1 aliphatic rings. The van der Waals surface area contributed by atoms with Crippen LogP contribution >= 0.6 is 23.2 Å². The first kappa shape index (κ1) is 37.7. The van der Waals surface area contributed by atoms with Crippen LogP contribution in [0.2, 0.25) is 10.0 Å². The van der Waals surface area contributed by atoms with Gasteiger partial charge in [-0.15, -0.1) is 0 Å². The van der Waals surface area contributed by atoms with Crippen LogP contribution in [0.4, 0.5) is 0 Å². The number of hydrogen-bond donors (Lipinski definition) is 2. The van der Waals surface area contributed by atoms with Crippen molar-refractivity contribution >= 4 is 35.1 Å². The number of carbonyl (C=O) groups excluding carboxylic acids is 2. The fourth-order valence-corrected chi connectivity index (χ4v) is 6.52. The number of aromatic nitrogens is 1. The number of likely N-dealkylation sites (tertiary alicyclic amines) is 1. The Morgan fingerprint density at radius 2 is 1.65 bits per heavy atom. The Balaban J connectivity index is 1.29. The summed E-state index contributed by atoms with van der Waals surface area (Å²) in [4.78, 5) is 29.1. The molecule has 0 bridgehead atoms. The third-order valence-corrected chi connectivity index (χ3v) is 9.57. The van der Waals surface area contributed by atoms with Crippen molar-refractivity contribution in [3.05, 3.63) is 122 Å². The van der Waals surface area contributed by atoms with E-state index in [0.717, 1.165) is 31.5 Å². The molecule has 51 heavy (non-hydrogen) atoms. The number of phenolic OH excluding ortho intramolecular Hbond substituents is 1. The van der Waals surface area contributed by atoms with Gasteiger partial charge in [0, 0.05) is 18.5 Å². The quantitative estimate of drug-likeness (QED) is 0.0875. The molecule has 0 radical (unpaired) electrons. The lowest BCUT2D eigenvalue weighted by Gasteiger charge is -2.29. The fourth-order valence-electron chi connectivity index (χ4n) is 5.92. The summed E-state index contributed by atoms with van der Waals surface area (Å²) in [5, 5.41) is 25.5. The number of nitrogens with zero attached hydrogens (tertiary/aromatic N) is 2. The van der Waals surface area contributed by atoms with Crippen LogP contribution in [-0.4, -0.2) is 62.9 Å². The molecule has 0 spiro atoms. The Bertz CT molecular complexity index is 1790. The van der Waals surface area contributed by atoms with E-state index in [1.807, 2.05) is 0 Å².